The van der Waals surface area contributed by atoms with Crippen molar-refractivity contribution in [3.8, 4) is 11.5 Å². The van der Waals surface area contributed by atoms with Gasteiger partial charge in [-0.3, -0.25) is 4.79 Å². The van der Waals surface area contributed by atoms with Crippen molar-refractivity contribution >= 4 is 76.1 Å². The van der Waals surface area contributed by atoms with E-state index >= 15 is 0 Å². The SMILES string of the molecule is CC(=O)Nc1cc(S(=O)(=O)[O-])cc2cc(OS(=O)[O-])c(N=Nc3ccc4ccccc4c3S(=O)(=O)[O-])c(O)c12.[Na+].[Na+].[Na+]. The minimum absolute atomic E-state index is 0. The molecule has 0 aliphatic carbocycles. The molecule has 1 unspecified atom stereocenters. The molecule has 0 bridgehead atoms. The van der Waals surface area contributed by atoms with Gasteiger partial charge >= 0.3 is 88.7 Å². The zero-order valence-electron chi connectivity index (χ0n) is 22.3. The number of phenolic OH excluding ortho intramolecular Hbond substituents is 1. The zero-order chi connectivity index (χ0) is 28.7. The molecule has 1 atom stereocenters. The van der Waals surface area contributed by atoms with E-state index in [9.17, 15) is 44.6 Å². The number of nitrogens with one attached hydrogen (secondary N) is 1. The Bertz CT molecular complexity index is 1960. The number of amides is 1. The van der Waals surface area contributed by atoms with Gasteiger partial charge in [-0.05, 0) is 35.0 Å². The maximum atomic E-state index is 12.1. The smallest absolute Gasteiger partial charge is 0.744 e. The molecule has 4 aromatic carbocycles. The summed E-state index contributed by atoms with van der Waals surface area (Å²) in [6, 6.07) is 11.1. The summed E-state index contributed by atoms with van der Waals surface area (Å²) in [4.78, 5) is 10.2. The Hall–Kier alpha value is -1.000. The van der Waals surface area contributed by atoms with Gasteiger partial charge in [0.15, 0.2) is 17.2 Å². The van der Waals surface area contributed by atoms with Crippen LogP contribution < -0.4 is 98.2 Å². The molecule has 0 heterocycles. The van der Waals surface area contributed by atoms with Crippen LogP contribution in [0.1, 0.15) is 6.92 Å². The average molecular weight is 662 g/mol. The molecule has 0 aliphatic heterocycles. The van der Waals surface area contributed by atoms with E-state index in [1.807, 2.05) is 0 Å². The van der Waals surface area contributed by atoms with Crippen LogP contribution in [0.4, 0.5) is 17.1 Å². The molecule has 1 amide bonds. The van der Waals surface area contributed by atoms with Crippen molar-refractivity contribution < 1.29 is 137 Å². The number of phenols is 1. The van der Waals surface area contributed by atoms with Crippen LogP contribution in [0.3, 0.4) is 0 Å². The second-order valence-corrected chi connectivity index (χ2v) is 11.1. The first-order valence-corrected chi connectivity index (χ1v) is 14.2. The van der Waals surface area contributed by atoms with Gasteiger partial charge in [-0.2, -0.15) is 0 Å². The molecule has 0 spiro atoms. The number of anilines is 1. The number of carbonyl (C=O) groups is 1. The number of azo groups is 1. The maximum absolute atomic E-state index is 12.1. The van der Waals surface area contributed by atoms with Crippen LogP contribution in [0, 0.1) is 0 Å². The van der Waals surface area contributed by atoms with Crippen LogP contribution in [0.25, 0.3) is 21.5 Å². The number of hydrogen-bond donors (Lipinski definition) is 2. The first-order chi connectivity index (χ1) is 18.2. The summed E-state index contributed by atoms with van der Waals surface area (Å²) in [5.41, 5.74) is -1.50. The Morgan fingerprint density at radius 1 is 0.929 bits per heavy atom. The van der Waals surface area contributed by atoms with Crippen LogP contribution in [0.15, 0.2) is 74.6 Å². The molecule has 4 rings (SSSR count). The number of rotatable bonds is 7. The van der Waals surface area contributed by atoms with E-state index in [0.717, 1.165) is 31.2 Å². The second-order valence-electron chi connectivity index (χ2n) is 7.85. The minimum Gasteiger partial charge on any atom is -0.744 e. The van der Waals surface area contributed by atoms with Crippen molar-refractivity contribution in [2.24, 2.45) is 10.2 Å². The normalized spacial score (nSPS) is 12.2. The van der Waals surface area contributed by atoms with Crippen LogP contribution in [-0.4, -0.2) is 45.7 Å². The number of benzene rings is 4. The van der Waals surface area contributed by atoms with Gasteiger partial charge in [-0.25, -0.2) is 21.0 Å². The topological polar surface area (TPSA) is 238 Å². The van der Waals surface area contributed by atoms with Gasteiger partial charge in [-0.1, -0.05) is 30.3 Å². The van der Waals surface area contributed by atoms with Gasteiger partial charge in [0.2, 0.25) is 5.91 Å². The van der Waals surface area contributed by atoms with Crippen molar-refractivity contribution in [2.75, 3.05) is 5.32 Å². The molecule has 14 nitrogen and oxygen atoms in total. The average Bonchev–Trinajstić information content (AvgIpc) is 2.81. The molecule has 0 saturated carbocycles. The quantitative estimate of drug-likeness (QED) is 0.0818. The Labute approximate surface area is 308 Å². The number of nitrogens with zero attached hydrogens (tertiary/aromatic N) is 2. The van der Waals surface area contributed by atoms with Crippen LogP contribution in [0.5, 0.6) is 11.5 Å². The molecule has 0 saturated heterocycles. The molecular weight excluding hydrogens is 647 g/mol. The Balaban J connectivity index is 0.00000294. The third kappa shape index (κ3) is 8.80. The monoisotopic (exact) mass is 661 g/mol. The predicted octanol–water partition coefficient (Wildman–Crippen LogP) is -5.93. The van der Waals surface area contributed by atoms with Crippen molar-refractivity contribution in [2.45, 2.75) is 16.7 Å². The fraction of sp³-hybridized carbons (Fsp3) is 0.0455. The number of aromatic hydroxyl groups is 1. The van der Waals surface area contributed by atoms with E-state index in [0.29, 0.717) is 5.39 Å². The summed E-state index contributed by atoms with van der Waals surface area (Å²) < 4.78 is 98.3. The molecule has 0 aromatic heterocycles. The molecule has 2 N–H and O–H groups in total. The van der Waals surface area contributed by atoms with Gasteiger partial charge < -0.3 is 28.3 Å². The van der Waals surface area contributed by atoms with Crippen LogP contribution in [0.2, 0.25) is 0 Å². The molecule has 0 radical (unpaired) electrons. The van der Waals surface area contributed by atoms with Gasteiger partial charge in [0.25, 0.3) is 0 Å². The van der Waals surface area contributed by atoms with Crippen LogP contribution >= 0.6 is 0 Å². The summed E-state index contributed by atoms with van der Waals surface area (Å²) in [7, 11) is -10.2. The van der Waals surface area contributed by atoms with E-state index in [-0.39, 0.29) is 111 Å². The van der Waals surface area contributed by atoms with Gasteiger partial charge in [-0.15, -0.1) is 10.2 Å². The fourth-order valence-corrected chi connectivity index (χ4v) is 5.43. The molecule has 20 heteroatoms. The van der Waals surface area contributed by atoms with Crippen LogP contribution in [-0.2, 0) is 36.4 Å². The molecule has 0 fully saturated rings. The van der Waals surface area contributed by atoms with E-state index in [2.05, 4.69) is 19.7 Å². The van der Waals surface area contributed by atoms with Crippen molar-refractivity contribution in [3.63, 3.8) is 0 Å². The predicted molar refractivity (Wildman–Crippen MR) is 134 cm³/mol. The number of carbonyl (C=O) groups excluding carboxylic acids is 1. The molecule has 42 heavy (non-hydrogen) atoms. The van der Waals surface area contributed by atoms with Gasteiger partial charge in [0, 0.05) is 17.7 Å². The van der Waals surface area contributed by atoms with E-state index in [1.54, 1.807) is 12.1 Å². The third-order valence-corrected chi connectivity index (χ3v) is 7.30. The molecule has 4 aromatic rings. The van der Waals surface area contributed by atoms with Crippen molar-refractivity contribution in [1.82, 2.24) is 0 Å². The summed E-state index contributed by atoms with van der Waals surface area (Å²) in [6.07, 6.45) is 0. The number of hydrogen-bond acceptors (Lipinski definition) is 13. The van der Waals surface area contributed by atoms with Gasteiger partial charge in [0.1, 0.15) is 37.3 Å². The van der Waals surface area contributed by atoms with Crippen molar-refractivity contribution in [1.29, 1.82) is 0 Å². The maximum Gasteiger partial charge on any atom is 1.00 e. The Kier molecular flexibility index (Phi) is 14.2. The Morgan fingerprint density at radius 3 is 2.14 bits per heavy atom. The summed E-state index contributed by atoms with van der Waals surface area (Å²) in [5.74, 6) is -2.32. The first kappa shape index (κ1) is 39.0. The third-order valence-electron chi connectivity index (χ3n) is 5.25. The zero-order valence-corrected chi connectivity index (χ0v) is 30.8. The second kappa shape index (κ2) is 15.3. The standard InChI is InChI=1S/C22H17N3O11S3.3Na/c1-11(26)23-17-10-14(38(30,31)32)8-13-9-18(36-37(28)29)20(21(27)19(13)17)25-24-16-7-6-12-4-2-3-5-15(12)22(16)39(33,34)35;;;/h2-10,27H,1H3,(H,23,26)(H,28,29)(H,30,31,32)(H,33,34,35);;;/q;3*+1/p-3. The summed E-state index contributed by atoms with van der Waals surface area (Å²) in [6.45, 7) is 1.06. The van der Waals surface area contributed by atoms with E-state index in [1.165, 1.54) is 18.2 Å². The first-order valence-electron chi connectivity index (χ1n) is 10.4. The largest absolute Gasteiger partial charge is 1.00 e. The molecule has 0 aliphatic rings. The fourth-order valence-electron chi connectivity index (χ4n) is 3.80. The minimum atomic E-state index is -5.11. The van der Waals surface area contributed by atoms with Gasteiger partial charge in [0.05, 0.1) is 15.5 Å². The summed E-state index contributed by atoms with van der Waals surface area (Å²) >= 11 is -3.26. The molecular formula is C22H14N3Na3O11S3. The Morgan fingerprint density at radius 2 is 1.57 bits per heavy atom. The van der Waals surface area contributed by atoms with E-state index < -0.39 is 70.2 Å². The number of fused-ring (bicyclic) bond motifs is 2. The van der Waals surface area contributed by atoms with E-state index in [4.69, 9.17) is 0 Å². The van der Waals surface area contributed by atoms with Crippen molar-refractivity contribution in [3.05, 3.63) is 54.6 Å². The summed E-state index contributed by atoms with van der Waals surface area (Å²) in [5, 5.41) is 20.6. The molecule has 204 valence electrons.